The molecule has 0 amide bonds. The van der Waals surface area contributed by atoms with Crippen LogP contribution in [0.25, 0.3) is 0 Å². The SMILES string of the molecule is [CH3][Hf]([CH3])([CH3])([CH3])([CH3])([CH3])([CH3])([CH3])[C]1=CC=CC1. The van der Waals surface area contributed by atoms with Gasteiger partial charge in [0.2, 0.25) is 0 Å². The third-order valence-corrected chi connectivity index (χ3v) is 23.1. The van der Waals surface area contributed by atoms with Crippen LogP contribution in [0, 0.1) is 0 Å². The maximum atomic E-state index is 2.53. The Balaban J connectivity index is 3.94. The van der Waals surface area contributed by atoms with Gasteiger partial charge in [-0.2, -0.15) is 0 Å². The second kappa shape index (κ2) is 1.08. The van der Waals surface area contributed by atoms with E-state index in [4.69, 9.17) is 0 Å². The van der Waals surface area contributed by atoms with Crippen LogP contribution >= 0.6 is 0 Å². The van der Waals surface area contributed by atoms with Gasteiger partial charge in [0.15, 0.2) is 0 Å². The van der Waals surface area contributed by atoms with Gasteiger partial charge in [0.1, 0.15) is 0 Å². The number of rotatable bonds is 1. The second-order valence-corrected chi connectivity index (χ2v) is 135. The van der Waals surface area contributed by atoms with Crippen LogP contribution in [-0.4, -0.2) is 0 Å². The molecule has 14 heavy (non-hydrogen) atoms. The third kappa shape index (κ3) is 2.92. The van der Waals surface area contributed by atoms with Gasteiger partial charge in [-0.3, -0.25) is 0 Å². The Bertz CT molecular complexity index is 401. The topological polar surface area (TPSA) is 0 Å². The van der Waals surface area contributed by atoms with E-state index in [0.717, 1.165) is 6.42 Å². The fourth-order valence-corrected chi connectivity index (χ4v) is 13.4. The van der Waals surface area contributed by atoms with E-state index in [1.807, 2.05) is 0 Å². The van der Waals surface area contributed by atoms with Gasteiger partial charge in [-0.25, -0.2) is 0 Å². The molecule has 0 nitrogen and oxygen atoms in total. The summed E-state index contributed by atoms with van der Waals surface area (Å²) in [5, 5.41) is 0. The van der Waals surface area contributed by atoms with Crippen molar-refractivity contribution in [1.29, 1.82) is 0 Å². The van der Waals surface area contributed by atoms with Crippen molar-refractivity contribution in [1.82, 2.24) is 0 Å². The van der Waals surface area contributed by atoms with E-state index < -0.39 is 12.6 Å². The van der Waals surface area contributed by atoms with Gasteiger partial charge in [-0.15, -0.1) is 0 Å². The van der Waals surface area contributed by atoms with Crippen LogP contribution in [0.15, 0.2) is 21.6 Å². The summed E-state index contributed by atoms with van der Waals surface area (Å²) in [6, 6.07) is 0. The zero-order valence-corrected chi connectivity index (χ0v) is 15.0. The van der Waals surface area contributed by atoms with Crippen LogP contribution in [-0.2, 0) is 12.6 Å². The molecule has 1 heteroatoms. The van der Waals surface area contributed by atoms with Crippen LogP contribution in [0.4, 0.5) is 0 Å². The van der Waals surface area contributed by atoms with E-state index in [1.54, 1.807) is 3.33 Å². The fourth-order valence-electron chi connectivity index (χ4n) is 1.93. The summed E-state index contributed by atoms with van der Waals surface area (Å²) in [5.74, 6) is 0. The van der Waals surface area contributed by atoms with Gasteiger partial charge in [0.05, 0.1) is 0 Å². The van der Waals surface area contributed by atoms with E-state index in [0.29, 0.717) is 0 Å². The molecule has 0 aliphatic heterocycles. The standard InChI is InChI=1S/C5H5.8CH3.Hf/c1-2-4-5-3-1;;;;;;;;;/h1-3H,4H2;8*1H3;. The monoisotopic (exact) mass is 365 g/mol. The van der Waals surface area contributed by atoms with Crippen LogP contribution in [0.3, 0.4) is 0 Å². The molecule has 0 spiro atoms. The molecule has 0 aromatic rings. The van der Waals surface area contributed by atoms with Crippen molar-refractivity contribution in [2.24, 2.45) is 0 Å². The summed E-state index contributed by atoms with van der Waals surface area (Å²) in [7, 11) is 0. The Morgan fingerprint density at radius 1 is 0.857 bits per heavy atom. The van der Waals surface area contributed by atoms with Gasteiger partial charge >= 0.3 is 78.0 Å². The van der Waals surface area contributed by atoms with Gasteiger partial charge in [0.25, 0.3) is 0 Å². The summed E-state index contributed by atoms with van der Waals surface area (Å²) in [6.07, 6.45) is 7.95. The first-order chi connectivity index (χ1) is 5.18. The summed E-state index contributed by atoms with van der Waals surface area (Å²) >= 11 is -4.48. The Hall–Kier alpha value is 0.350. The summed E-state index contributed by atoms with van der Waals surface area (Å²) in [5.41, 5.74) is 0. The van der Waals surface area contributed by atoms with Crippen LogP contribution in [0.1, 0.15) is 6.42 Å². The first kappa shape index (κ1) is 12.4. The first-order valence-corrected chi connectivity index (χ1v) is 36.5. The average molecular weight is 364 g/mol. The zero-order chi connectivity index (χ0) is 11.7. The number of hydrogen-bond acceptors (Lipinski definition) is 0. The average Bonchev–Trinajstić information content (AvgIpc) is 1.95. The molecule has 0 aromatic carbocycles. The van der Waals surface area contributed by atoms with Crippen LogP contribution < -0.4 is 0 Å². The quantitative estimate of drug-likeness (QED) is 0.497. The van der Waals surface area contributed by atoms with E-state index in [2.05, 4.69) is 55.7 Å². The Kier molecular flexibility index (Phi) is 0.961. The second-order valence-electron chi connectivity index (χ2n) is 17.3. The molecule has 0 saturated carbocycles. The minimum absolute atomic E-state index is 1.12. The van der Waals surface area contributed by atoms with Gasteiger partial charge in [-0.05, 0) is 0 Å². The molecule has 0 atom stereocenters. The first-order valence-electron chi connectivity index (χ1n) is 5.97. The van der Waals surface area contributed by atoms with E-state index in [1.165, 1.54) is 0 Å². The molecule has 85 valence electrons. The fraction of sp³-hybridized carbons (Fsp3) is 0.692. The summed E-state index contributed by atoms with van der Waals surface area (Å²) in [6.45, 7) is 0. The maximum absolute atomic E-state index is 4.48. The van der Waals surface area contributed by atoms with Crippen molar-refractivity contribution in [3.05, 3.63) is 21.6 Å². The van der Waals surface area contributed by atoms with Crippen molar-refractivity contribution in [3.63, 3.8) is 0 Å². The van der Waals surface area contributed by atoms with Crippen LogP contribution in [0.2, 0.25) is 37.4 Å². The normalized spacial score (nSPS) is 32.6. The van der Waals surface area contributed by atoms with E-state index in [9.17, 15) is 0 Å². The molecule has 0 radical (unpaired) electrons. The number of allylic oxidation sites excluding steroid dienone is 4. The molecule has 0 fully saturated rings. The van der Waals surface area contributed by atoms with Crippen molar-refractivity contribution in [2.75, 3.05) is 0 Å². The molecular weight excluding hydrogens is 335 g/mol. The minimum atomic E-state index is -4.48. The zero-order valence-electron chi connectivity index (χ0n) is 11.4. The molecular formula is C13H29Hf. The predicted molar refractivity (Wildman–Crippen MR) is 68.8 cm³/mol. The van der Waals surface area contributed by atoms with E-state index >= 15 is 0 Å². The molecule has 1 rings (SSSR count). The Labute approximate surface area is 77.8 Å². The predicted octanol–water partition coefficient (Wildman–Crippen LogP) is 6.05. The summed E-state index contributed by atoms with van der Waals surface area (Å²) in [4.78, 5) is 0. The molecule has 1 aliphatic rings. The van der Waals surface area contributed by atoms with Crippen LogP contribution in [0.5, 0.6) is 0 Å². The van der Waals surface area contributed by atoms with Gasteiger partial charge in [-0.1, -0.05) is 0 Å². The molecule has 0 saturated heterocycles. The summed E-state index contributed by atoms with van der Waals surface area (Å²) < 4.78 is 21.9. The molecule has 0 N–H and O–H groups in total. The molecule has 0 bridgehead atoms. The molecule has 0 heterocycles. The van der Waals surface area contributed by atoms with Crippen molar-refractivity contribution in [2.45, 2.75) is 43.9 Å². The van der Waals surface area contributed by atoms with E-state index in [-0.39, 0.29) is 0 Å². The van der Waals surface area contributed by atoms with Crippen molar-refractivity contribution in [3.8, 4) is 0 Å². The Morgan fingerprint density at radius 3 is 1.43 bits per heavy atom. The molecule has 0 aromatic heterocycles. The van der Waals surface area contributed by atoms with Crippen molar-refractivity contribution >= 4 is 0 Å². The molecule has 1 aliphatic carbocycles. The Morgan fingerprint density at radius 2 is 1.29 bits per heavy atom. The third-order valence-electron chi connectivity index (χ3n) is 3.34. The number of hydrogen-bond donors (Lipinski definition) is 0. The van der Waals surface area contributed by atoms with Gasteiger partial charge in [0, 0.05) is 0 Å². The van der Waals surface area contributed by atoms with Gasteiger partial charge < -0.3 is 0 Å². The van der Waals surface area contributed by atoms with Crippen molar-refractivity contribution < 1.29 is 12.6 Å². The molecule has 0 unspecified atom stereocenters.